The summed E-state index contributed by atoms with van der Waals surface area (Å²) >= 11 is 0. The van der Waals surface area contributed by atoms with E-state index in [2.05, 4.69) is 97.7 Å². The van der Waals surface area contributed by atoms with Crippen LogP contribution in [0.15, 0.2) is 91.0 Å². The fraction of sp³-hybridized carbons (Fsp3) is 0.0526. The molecular weight excluding hydrogens is 318 g/mol. The maximum atomic E-state index is 2.44. The van der Waals surface area contributed by atoms with Crippen LogP contribution in [0, 0.1) is 0 Å². The maximum absolute atomic E-state index is 2.44. The smallest absolute Gasteiger partial charge is 0 e. The van der Waals surface area contributed by atoms with Crippen LogP contribution in [0.25, 0.3) is 0 Å². The summed E-state index contributed by atoms with van der Waals surface area (Å²) < 4.78 is 0. The van der Waals surface area contributed by atoms with Gasteiger partial charge in [-0.2, -0.15) is 0 Å². The Labute approximate surface area is 137 Å². The van der Waals surface area contributed by atoms with Gasteiger partial charge in [-0.1, -0.05) is 0 Å². The van der Waals surface area contributed by atoms with Gasteiger partial charge in [-0.15, -0.1) is 0 Å². The molecule has 0 fully saturated rings. The third-order valence-electron chi connectivity index (χ3n) is 4.05. The van der Waals surface area contributed by atoms with Crippen molar-refractivity contribution in [1.29, 1.82) is 0 Å². The summed E-state index contributed by atoms with van der Waals surface area (Å²) in [5, 5.41) is 4.37. The van der Waals surface area contributed by atoms with Crippen LogP contribution in [0.4, 0.5) is 0 Å². The summed E-state index contributed by atoms with van der Waals surface area (Å²) in [5.74, 6) is 0. The van der Waals surface area contributed by atoms with Crippen molar-refractivity contribution in [1.82, 2.24) is 0 Å². The molecule has 0 nitrogen and oxygen atoms in total. The van der Waals surface area contributed by atoms with E-state index in [-0.39, 0.29) is 16.5 Å². The topological polar surface area (TPSA) is 0 Å². The fourth-order valence-corrected chi connectivity index (χ4v) is 6.39. The average molecular weight is 337 g/mol. The van der Waals surface area contributed by atoms with Crippen LogP contribution in [0.1, 0.15) is 0 Å². The molecule has 0 saturated carbocycles. The second-order valence-electron chi connectivity index (χ2n) is 5.22. The molecule has 0 aliphatic rings. The van der Waals surface area contributed by atoms with Gasteiger partial charge in [-0.3, -0.25) is 0 Å². The van der Waals surface area contributed by atoms with Crippen LogP contribution in [0.3, 0.4) is 0 Å². The molecule has 0 aliphatic carbocycles. The van der Waals surface area contributed by atoms with Crippen LogP contribution in [0.2, 0.25) is 0 Å². The van der Waals surface area contributed by atoms with Crippen molar-refractivity contribution in [3.8, 4) is 0 Å². The van der Waals surface area contributed by atoms with Crippen molar-refractivity contribution in [2.24, 2.45) is 0 Å². The third kappa shape index (κ3) is 3.10. The number of benzene rings is 3. The zero-order valence-corrected chi connectivity index (χ0v) is 14.0. The Morgan fingerprint density at radius 1 is 0.476 bits per heavy atom. The van der Waals surface area contributed by atoms with E-state index < -0.39 is 7.26 Å². The average Bonchev–Trinajstić information content (AvgIpc) is 2.56. The minimum atomic E-state index is -1.88. The van der Waals surface area contributed by atoms with Crippen molar-refractivity contribution in [2.75, 3.05) is 6.66 Å². The van der Waals surface area contributed by atoms with Gasteiger partial charge in [0.05, 0.1) is 0 Å². The SMILES string of the molecule is C[PH](c1ccccc1)(c1ccccc1)c1ccccc1.[Ni]. The van der Waals surface area contributed by atoms with Crippen molar-refractivity contribution in [3.63, 3.8) is 0 Å². The Kier molecular flexibility index (Phi) is 5.35. The van der Waals surface area contributed by atoms with Crippen LogP contribution >= 0.6 is 7.26 Å². The van der Waals surface area contributed by atoms with Gasteiger partial charge < -0.3 is 0 Å². The molecule has 0 radical (unpaired) electrons. The van der Waals surface area contributed by atoms with Crippen molar-refractivity contribution >= 4 is 23.2 Å². The van der Waals surface area contributed by atoms with Crippen LogP contribution in [-0.2, 0) is 16.5 Å². The first-order chi connectivity index (χ1) is 9.82. The van der Waals surface area contributed by atoms with Gasteiger partial charge in [0.15, 0.2) is 0 Å². The molecule has 0 heterocycles. The Hall–Kier alpha value is -1.42. The number of hydrogen-bond acceptors (Lipinski definition) is 0. The first kappa shape index (κ1) is 16.0. The molecule has 110 valence electrons. The molecule has 0 spiro atoms. The van der Waals surface area contributed by atoms with Gasteiger partial charge in [0, 0.05) is 16.5 Å². The summed E-state index contributed by atoms with van der Waals surface area (Å²) in [5.41, 5.74) is 0. The summed E-state index contributed by atoms with van der Waals surface area (Å²) in [4.78, 5) is 0. The molecule has 3 aromatic rings. The van der Waals surface area contributed by atoms with E-state index in [9.17, 15) is 0 Å². The standard InChI is InChI=1S/C19H19P.Ni/c1-20(17-11-5-2-6-12-17,18-13-7-3-8-14-18)19-15-9-4-10-16-19;/h2-16,20H,1H3;. The molecule has 3 rings (SSSR count). The van der Waals surface area contributed by atoms with Crippen LogP contribution in [0.5, 0.6) is 0 Å². The second kappa shape index (κ2) is 7.03. The van der Waals surface area contributed by atoms with Crippen LogP contribution in [-0.4, -0.2) is 6.66 Å². The van der Waals surface area contributed by atoms with Crippen molar-refractivity contribution < 1.29 is 16.5 Å². The van der Waals surface area contributed by atoms with E-state index in [0.717, 1.165) is 0 Å². The summed E-state index contributed by atoms with van der Waals surface area (Å²) in [6.45, 7) is 2.44. The van der Waals surface area contributed by atoms with Gasteiger partial charge in [0.25, 0.3) is 0 Å². The Bertz CT molecular complexity index is 569. The molecule has 0 atom stereocenters. The molecule has 3 aromatic carbocycles. The molecule has 0 bridgehead atoms. The normalized spacial score (nSPS) is 11.5. The quantitative estimate of drug-likeness (QED) is 0.508. The van der Waals surface area contributed by atoms with Gasteiger partial charge >= 0.3 is 121 Å². The number of rotatable bonds is 3. The zero-order valence-electron chi connectivity index (χ0n) is 12.0. The van der Waals surface area contributed by atoms with E-state index in [1.54, 1.807) is 0 Å². The van der Waals surface area contributed by atoms with Crippen molar-refractivity contribution in [3.05, 3.63) is 91.0 Å². The molecule has 0 amide bonds. The van der Waals surface area contributed by atoms with E-state index in [4.69, 9.17) is 0 Å². The largest absolute Gasteiger partial charge is 0 e. The molecule has 2 heteroatoms. The minimum absolute atomic E-state index is 0. The summed E-state index contributed by atoms with van der Waals surface area (Å²) in [6, 6.07) is 32.8. The Morgan fingerprint density at radius 3 is 0.952 bits per heavy atom. The van der Waals surface area contributed by atoms with E-state index in [1.165, 1.54) is 15.9 Å². The van der Waals surface area contributed by atoms with E-state index >= 15 is 0 Å². The molecule has 21 heavy (non-hydrogen) atoms. The molecule has 0 saturated heterocycles. The minimum Gasteiger partial charge on any atom is 0 e. The summed E-state index contributed by atoms with van der Waals surface area (Å²) in [7, 11) is -1.88. The number of hydrogen-bond donors (Lipinski definition) is 0. The maximum Gasteiger partial charge on any atom is 0 e. The Balaban J connectivity index is 0.00000161. The van der Waals surface area contributed by atoms with Crippen molar-refractivity contribution in [2.45, 2.75) is 0 Å². The van der Waals surface area contributed by atoms with Gasteiger partial charge in [0.2, 0.25) is 0 Å². The molecule has 0 N–H and O–H groups in total. The Morgan fingerprint density at radius 2 is 0.714 bits per heavy atom. The van der Waals surface area contributed by atoms with Crippen LogP contribution < -0.4 is 15.9 Å². The molecule has 0 unspecified atom stereocenters. The van der Waals surface area contributed by atoms with E-state index in [0.29, 0.717) is 0 Å². The zero-order chi connectivity index (χ0) is 13.8. The third-order valence-corrected chi connectivity index (χ3v) is 8.52. The molecule has 0 aliphatic heterocycles. The molecular formula is C19H19NiP. The second-order valence-corrected chi connectivity index (χ2v) is 9.21. The van der Waals surface area contributed by atoms with Gasteiger partial charge in [-0.05, 0) is 0 Å². The fourth-order valence-electron chi connectivity index (χ4n) is 2.81. The molecule has 0 aromatic heterocycles. The van der Waals surface area contributed by atoms with Gasteiger partial charge in [0.1, 0.15) is 0 Å². The predicted octanol–water partition coefficient (Wildman–Crippen LogP) is 3.34. The van der Waals surface area contributed by atoms with Gasteiger partial charge in [-0.25, -0.2) is 0 Å². The first-order valence-corrected chi connectivity index (χ1v) is 9.48. The predicted molar refractivity (Wildman–Crippen MR) is 92.5 cm³/mol. The van der Waals surface area contributed by atoms with E-state index in [1.807, 2.05) is 0 Å². The monoisotopic (exact) mass is 336 g/mol. The first-order valence-electron chi connectivity index (χ1n) is 6.98. The summed E-state index contributed by atoms with van der Waals surface area (Å²) in [6.07, 6.45) is 0.